The zero-order valence-corrected chi connectivity index (χ0v) is 13.8. The third-order valence-corrected chi connectivity index (χ3v) is 4.12. The summed E-state index contributed by atoms with van der Waals surface area (Å²) in [5.41, 5.74) is -0.458. The van der Waals surface area contributed by atoms with Crippen LogP contribution in [0.3, 0.4) is 0 Å². The van der Waals surface area contributed by atoms with Gasteiger partial charge in [-0.05, 0) is 12.8 Å². The summed E-state index contributed by atoms with van der Waals surface area (Å²) >= 11 is 0. The number of nitrogens with zero attached hydrogens (tertiary/aromatic N) is 5. The molecule has 0 spiro atoms. The topological polar surface area (TPSA) is 97.0 Å². The van der Waals surface area contributed by atoms with Crippen molar-refractivity contribution in [3.63, 3.8) is 0 Å². The van der Waals surface area contributed by atoms with Crippen molar-refractivity contribution in [1.82, 2.24) is 25.4 Å². The summed E-state index contributed by atoms with van der Waals surface area (Å²) in [6.45, 7) is 5.76. The summed E-state index contributed by atoms with van der Waals surface area (Å²) in [7, 11) is 0. The Morgan fingerprint density at radius 2 is 2.29 bits per heavy atom. The molecule has 1 saturated heterocycles. The van der Waals surface area contributed by atoms with Gasteiger partial charge in [-0.1, -0.05) is 12.1 Å². The maximum Gasteiger partial charge on any atom is 0.223 e. The molecule has 0 radical (unpaired) electrons. The van der Waals surface area contributed by atoms with Gasteiger partial charge in [-0.15, -0.1) is 0 Å². The van der Waals surface area contributed by atoms with E-state index in [1.54, 1.807) is 11.8 Å². The average molecular weight is 334 g/mol. The summed E-state index contributed by atoms with van der Waals surface area (Å²) in [5, 5.41) is 6.85. The van der Waals surface area contributed by atoms with Crippen LogP contribution in [0.1, 0.15) is 37.7 Å². The van der Waals surface area contributed by atoms with E-state index in [9.17, 15) is 9.18 Å². The Morgan fingerprint density at radius 1 is 1.50 bits per heavy atom. The van der Waals surface area contributed by atoms with Gasteiger partial charge in [0.05, 0.1) is 12.2 Å². The molecule has 1 atom stereocenters. The van der Waals surface area contributed by atoms with Crippen LogP contribution in [0.25, 0.3) is 0 Å². The van der Waals surface area contributed by atoms with E-state index in [1.807, 2.05) is 6.92 Å². The van der Waals surface area contributed by atoms with E-state index in [2.05, 4.69) is 25.4 Å². The molecule has 3 rings (SSSR count). The van der Waals surface area contributed by atoms with E-state index in [4.69, 9.17) is 4.52 Å². The number of hydrogen-bond donors (Lipinski definition) is 1. The molecule has 1 aliphatic heterocycles. The van der Waals surface area contributed by atoms with Crippen LogP contribution in [0, 0.1) is 12.7 Å². The van der Waals surface area contributed by atoms with Gasteiger partial charge in [-0.3, -0.25) is 4.79 Å². The Labute approximate surface area is 138 Å². The van der Waals surface area contributed by atoms with Crippen LogP contribution < -0.4 is 10.2 Å². The van der Waals surface area contributed by atoms with Crippen molar-refractivity contribution in [3.05, 3.63) is 29.6 Å². The first-order valence-corrected chi connectivity index (χ1v) is 7.79. The molecule has 1 aliphatic rings. The Morgan fingerprint density at radius 3 is 2.92 bits per heavy atom. The zero-order chi connectivity index (χ0) is 17.3. The summed E-state index contributed by atoms with van der Waals surface area (Å²) in [5.74, 6) is 0.395. The number of carbonyl (C=O) groups excluding carboxylic acids is 1. The zero-order valence-electron chi connectivity index (χ0n) is 13.8. The second-order valence-corrected chi connectivity index (χ2v) is 5.88. The molecular weight excluding hydrogens is 315 g/mol. The molecule has 8 nitrogen and oxygen atoms in total. The van der Waals surface area contributed by atoms with E-state index < -0.39 is 11.4 Å². The number of carbonyl (C=O) groups is 1. The fourth-order valence-electron chi connectivity index (χ4n) is 3.02. The predicted octanol–water partition coefficient (Wildman–Crippen LogP) is 1.11. The van der Waals surface area contributed by atoms with E-state index in [0.29, 0.717) is 43.3 Å². The van der Waals surface area contributed by atoms with Crippen LogP contribution in [0.2, 0.25) is 0 Å². The van der Waals surface area contributed by atoms with Gasteiger partial charge in [0, 0.05) is 20.4 Å². The molecule has 2 aromatic heterocycles. The van der Waals surface area contributed by atoms with Crippen molar-refractivity contribution in [2.45, 2.75) is 39.2 Å². The molecule has 1 N–H and O–H groups in total. The molecule has 3 heterocycles. The lowest BCUT2D eigenvalue weighted by atomic mass is 9.97. The Kier molecular flexibility index (Phi) is 4.16. The minimum Gasteiger partial charge on any atom is -0.351 e. The average Bonchev–Trinajstić information content (AvgIpc) is 3.15. The molecule has 0 saturated carbocycles. The Balaban J connectivity index is 1.94. The van der Waals surface area contributed by atoms with Gasteiger partial charge in [-0.25, -0.2) is 14.4 Å². The normalized spacial score (nSPS) is 20.4. The maximum absolute atomic E-state index is 14.5. The lowest BCUT2D eigenvalue weighted by Gasteiger charge is -2.27. The van der Waals surface area contributed by atoms with E-state index in [0.717, 1.165) is 0 Å². The van der Waals surface area contributed by atoms with Crippen molar-refractivity contribution in [1.29, 1.82) is 0 Å². The molecule has 0 aliphatic carbocycles. The Hall–Kier alpha value is -2.58. The highest BCUT2D eigenvalue weighted by atomic mass is 19.1. The van der Waals surface area contributed by atoms with Crippen molar-refractivity contribution in [3.8, 4) is 0 Å². The van der Waals surface area contributed by atoms with Gasteiger partial charge in [0.25, 0.3) is 0 Å². The first kappa shape index (κ1) is 16.3. The van der Waals surface area contributed by atoms with Crippen molar-refractivity contribution < 1.29 is 13.7 Å². The third-order valence-electron chi connectivity index (χ3n) is 4.12. The van der Waals surface area contributed by atoms with Crippen LogP contribution in [-0.4, -0.2) is 39.1 Å². The van der Waals surface area contributed by atoms with Crippen LogP contribution in [0.15, 0.2) is 10.9 Å². The number of hydrogen-bond acceptors (Lipinski definition) is 7. The minimum absolute atomic E-state index is 0.211. The van der Waals surface area contributed by atoms with Crippen LogP contribution in [-0.2, 0) is 16.8 Å². The maximum atomic E-state index is 14.5. The molecule has 0 unspecified atom stereocenters. The SMILES string of the molecule is CCc1ncnc(N2CC[C@@](NC(C)=O)(c3noc(C)n3)C2)c1F. The fraction of sp³-hybridized carbons (Fsp3) is 0.533. The molecule has 128 valence electrons. The number of nitrogens with one attached hydrogen (secondary N) is 1. The molecule has 1 amide bonds. The van der Waals surface area contributed by atoms with Crippen molar-refractivity contribution in [2.75, 3.05) is 18.0 Å². The lowest BCUT2D eigenvalue weighted by Crippen LogP contribution is -2.48. The molecule has 0 aromatic carbocycles. The highest BCUT2D eigenvalue weighted by Crippen LogP contribution is 2.33. The molecular formula is C15H19FN6O2. The standard InChI is InChI=1S/C15H19FN6O2/c1-4-11-12(16)13(18-8-17-11)22-6-5-15(7-22,20-9(2)23)14-19-10(3)24-21-14/h8H,4-7H2,1-3H3,(H,20,23)/t15-/m0/s1. The quantitative estimate of drug-likeness (QED) is 0.894. The summed E-state index contributed by atoms with van der Waals surface area (Å²) in [6.07, 6.45) is 2.36. The first-order chi connectivity index (χ1) is 11.4. The van der Waals surface area contributed by atoms with Gasteiger partial charge >= 0.3 is 0 Å². The van der Waals surface area contributed by atoms with Crippen LogP contribution in [0.4, 0.5) is 10.2 Å². The van der Waals surface area contributed by atoms with Crippen molar-refractivity contribution in [2.24, 2.45) is 0 Å². The van der Waals surface area contributed by atoms with Crippen molar-refractivity contribution >= 4 is 11.7 Å². The molecule has 24 heavy (non-hydrogen) atoms. The second kappa shape index (κ2) is 6.14. The second-order valence-electron chi connectivity index (χ2n) is 5.88. The third kappa shape index (κ3) is 2.81. The monoisotopic (exact) mass is 334 g/mol. The summed E-state index contributed by atoms with van der Waals surface area (Å²) < 4.78 is 19.6. The van der Waals surface area contributed by atoms with E-state index in [1.165, 1.54) is 13.3 Å². The smallest absolute Gasteiger partial charge is 0.223 e. The number of amides is 1. The number of aromatic nitrogens is 4. The number of anilines is 1. The Bertz CT molecular complexity index is 764. The summed E-state index contributed by atoms with van der Waals surface area (Å²) in [4.78, 5) is 25.7. The van der Waals surface area contributed by atoms with Gasteiger partial charge in [0.2, 0.25) is 11.8 Å². The van der Waals surface area contributed by atoms with Crippen LogP contribution in [0.5, 0.6) is 0 Å². The van der Waals surface area contributed by atoms with Gasteiger partial charge in [-0.2, -0.15) is 4.98 Å². The number of rotatable bonds is 4. The molecule has 9 heteroatoms. The van der Waals surface area contributed by atoms with Gasteiger partial charge in [0.1, 0.15) is 11.9 Å². The van der Waals surface area contributed by atoms with E-state index >= 15 is 0 Å². The predicted molar refractivity (Wildman–Crippen MR) is 82.7 cm³/mol. The lowest BCUT2D eigenvalue weighted by molar-refractivity contribution is -0.120. The minimum atomic E-state index is -0.826. The van der Waals surface area contributed by atoms with E-state index in [-0.39, 0.29) is 11.7 Å². The first-order valence-electron chi connectivity index (χ1n) is 7.79. The van der Waals surface area contributed by atoms with Crippen LogP contribution >= 0.6 is 0 Å². The largest absolute Gasteiger partial charge is 0.351 e. The molecule has 1 fully saturated rings. The highest BCUT2D eigenvalue weighted by Gasteiger charge is 2.45. The molecule has 2 aromatic rings. The highest BCUT2D eigenvalue weighted by molar-refractivity contribution is 5.74. The molecule has 0 bridgehead atoms. The number of halogens is 1. The van der Waals surface area contributed by atoms with Gasteiger partial charge < -0.3 is 14.7 Å². The van der Waals surface area contributed by atoms with Gasteiger partial charge in [0.15, 0.2) is 17.5 Å². The number of aryl methyl sites for hydroxylation is 2. The summed E-state index contributed by atoms with van der Waals surface area (Å²) in [6, 6.07) is 0. The fourth-order valence-corrected chi connectivity index (χ4v) is 3.02.